The molecule has 3 aliphatic rings. The number of hydrogen-bond acceptors (Lipinski definition) is 5. The second-order valence-electron chi connectivity index (χ2n) is 9.24. The van der Waals surface area contributed by atoms with Crippen molar-refractivity contribution in [1.82, 2.24) is 15.5 Å². The van der Waals surface area contributed by atoms with Gasteiger partial charge in [0.25, 0.3) is 0 Å². The molecule has 2 bridgehead atoms. The summed E-state index contributed by atoms with van der Waals surface area (Å²) in [5, 5.41) is 14.3. The Morgan fingerprint density at radius 3 is 2.20 bits per heavy atom. The Balaban J connectivity index is 1.08. The minimum absolute atomic E-state index is 0.0787. The Hall–Kier alpha value is -3.88. The van der Waals surface area contributed by atoms with Crippen molar-refractivity contribution in [3.05, 3.63) is 59.7 Å². The molecule has 2 aromatic rings. The number of hydrogen-bond donors (Lipinski definition) is 3. The third-order valence-corrected chi connectivity index (χ3v) is 7.32. The van der Waals surface area contributed by atoms with E-state index < -0.39 is 23.9 Å². The largest absolute Gasteiger partial charge is 0.481 e. The lowest BCUT2D eigenvalue weighted by molar-refractivity contribution is -0.143. The SMILES string of the molecule is O=C(CNC(=O)OCC1c2ccccc2-c2ccccc21)NCC(=O)N1[C@H]2CC[C@@H]1[C@H](C(=O)O)C2. The number of rotatable bonds is 7. The summed E-state index contributed by atoms with van der Waals surface area (Å²) in [6.07, 6.45) is 1.21. The van der Waals surface area contributed by atoms with Crippen LogP contribution in [0.4, 0.5) is 4.79 Å². The molecule has 5 rings (SSSR count). The molecule has 0 spiro atoms. The van der Waals surface area contributed by atoms with Gasteiger partial charge in [0.15, 0.2) is 0 Å². The fourth-order valence-corrected chi connectivity index (χ4v) is 5.77. The Kier molecular flexibility index (Phi) is 6.15. The molecular formula is C26H27N3O6. The predicted molar refractivity (Wildman–Crippen MR) is 125 cm³/mol. The highest BCUT2D eigenvalue weighted by atomic mass is 16.5. The normalized spacial score (nSPS) is 21.8. The van der Waals surface area contributed by atoms with E-state index >= 15 is 0 Å². The van der Waals surface area contributed by atoms with Gasteiger partial charge in [0.2, 0.25) is 11.8 Å². The Bertz CT molecular complexity index is 1140. The van der Waals surface area contributed by atoms with Crippen LogP contribution in [0.1, 0.15) is 36.3 Å². The molecule has 0 saturated carbocycles. The van der Waals surface area contributed by atoms with Gasteiger partial charge in [0.05, 0.1) is 12.5 Å². The van der Waals surface area contributed by atoms with Crippen LogP contribution in [0.3, 0.4) is 0 Å². The van der Waals surface area contributed by atoms with Gasteiger partial charge in [-0.1, -0.05) is 48.5 Å². The Labute approximate surface area is 202 Å². The van der Waals surface area contributed by atoms with Crippen molar-refractivity contribution in [3.8, 4) is 11.1 Å². The van der Waals surface area contributed by atoms with Crippen LogP contribution in [-0.4, -0.2) is 65.7 Å². The zero-order valence-electron chi connectivity index (χ0n) is 19.1. The number of nitrogens with one attached hydrogen (secondary N) is 2. The van der Waals surface area contributed by atoms with E-state index in [1.807, 2.05) is 36.4 Å². The molecule has 2 saturated heterocycles. The topological polar surface area (TPSA) is 125 Å². The highest BCUT2D eigenvalue weighted by molar-refractivity contribution is 5.88. The average Bonchev–Trinajstić information content (AvgIpc) is 3.54. The standard InChI is InChI=1S/C26H27N3O6/c30-23(27-13-24(31)29-15-9-10-22(29)20(11-15)25(32)33)12-28-26(34)35-14-21-18-7-3-1-5-16(18)17-6-2-4-8-19(17)21/h1-8,15,20-22H,9-14H2,(H,27,30)(H,28,34)(H,32,33)/t15-,20+,22+/m0/s1. The smallest absolute Gasteiger partial charge is 0.407 e. The highest BCUT2D eigenvalue weighted by Gasteiger charge is 2.51. The minimum atomic E-state index is -0.883. The van der Waals surface area contributed by atoms with Crippen LogP contribution in [0, 0.1) is 5.92 Å². The van der Waals surface area contributed by atoms with Gasteiger partial charge in [-0.2, -0.15) is 0 Å². The van der Waals surface area contributed by atoms with Gasteiger partial charge in [0, 0.05) is 18.0 Å². The number of benzene rings is 2. The number of carbonyl (C=O) groups is 4. The number of nitrogens with zero attached hydrogens (tertiary/aromatic N) is 1. The first-order valence-corrected chi connectivity index (χ1v) is 11.8. The molecule has 182 valence electrons. The van der Waals surface area contributed by atoms with E-state index in [1.165, 1.54) is 0 Å². The lowest BCUT2D eigenvalue weighted by Crippen LogP contribution is -2.46. The molecule has 2 heterocycles. The number of carboxylic acid groups (broad SMARTS) is 1. The van der Waals surface area contributed by atoms with Gasteiger partial charge in [-0.05, 0) is 41.5 Å². The fourth-order valence-electron chi connectivity index (χ4n) is 5.77. The maximum Gasteiger partial charge on any atom is 0.407 e. The van der Waals surface area contributed by atoms with E-state index in [1.54, 1.807) is 4.90 Å². The van der Waals surface area contributed by atoms with Gasteiger partial charge >= 0.3 is 12.1 Å². The number of fused-ring (bicyclic) bond motifs is 5. The first-order chi connectivity index (χ1) is 16.9. The van der Waals surface area contributed by atoms with E-state index in [0.29, 0.717) is 12.8 Å². The maximum atomic E-state index is 12.6. The van der Waals surface area contributed by atoms with Crippen LogP contribution >= 0.6 is 0 Å². The zero-order chi connectivity index (χ0) is 24.5. The molecule has 3 N–H and O–H groups in total. The Morgan fingerprint density at radius 2 is 1.57 bits per heavy atom. The van der Waals surface area contributed by atoms with E-state index in [2.05, 4.69) is 22.8 Å². The molecule has 1 aliphatic carbocycles. The number of carbonyl (C=O) groups excluding carboxylic acids is 3. The summed E-state index contributed by atoms with van der Waals surface area (Å²) >= 11 is 0. The summed E-state index contributed by atoms with van der Waals surface area (Å²) in [5.74, 6) is -2.32. The van der Waals surface area contributed by atoms with Gasteiger partial charge in [-0.25, -0.2) is 4.79 Å². The van der Waals surface area contributed by atoms with Gasteiger partial charge in [-0.3, -0.25) is 14.4 Å². The highest BCUT2D eigenvalue weighted by Crippen LogP contribution is 2.44. The summed E-state index contributed by atoms with van der Waals surface area (Å²) in [5.41, 5.74) is 4.45. The van der Waals surface area contributed by atoms with Crippen molar-refractivity contribution in [2.45, 2.75) is 37.3 Å². The summed E-state index contributed by atoms with van der Waals surface area (Å²) in [6.45, 7) is -0.415. The molecule has 0 radical (unpaired) electrons. The van der Waals surface area contributed by atoms with Crippen molar-refractivity contribution < 1.29 is 29.0 Å². The third kappa shape index (κ3) is 4.34. The number of alkyl carbamates (subject to hydrolysis) is 1. The van der Waals surface area contributed by atoms with E-state index in [9.17, 15) is 24.3 Å². The quantitative estimate of drug-likeness (QED) is 0.561. The number of carboxylic acids is 1. The van der Waals surface area contributed by atoms with Crippen LogP contribution in [0.25, 0.3) is 11.1 Å². The fraction of sp³-hybridized carbons (Fsp3) is 0.385. The summed E-state index contributed by atoms with van der Waals surface area (Å²) < 4.78 is 5.41. The van der Waals surface area contributed by atoms with Crippen LogP contribution < -0.4 is 10.6 Å². The lowest BCUT2D eigenvalue weighted by Gasteiger charge is -2.23. The molecule has 2 aromatic carbocycles. The predicted octanol–water partition coefficient (Wildman–Crippen LogP) is 2.11. The van der Waals surface area contributed by atoms with Crippen molar-refractivity contribution in [2.75, 3.05) is 19.7 Å². The van der Waals surface area contributed by atoms with Crippen molar-refractivity contribution in [1.29, 1.82) is 0 Å². The molecular weight excluding hydrogens is 450 g/mol. The van der Waals surface area contributed by atoms with Crippen molar-refractivity contribution in [3.63, 3.8) is 0 Å². The molecule has 9 nitrogen and oxygen atoms in total. The second-order valence-corrected chi connectivity index (χ2v) is 9.24. The van der Waals surface area contributed by atoms with Crippen molar-refractivity contribution >= 4 is 23.9 Å². The monoisotopic (exact) mass is 477 g/mol. The molecule has 0 aromatic heterocycles. The number of aliphatic carboxylic acids is 1. The molecule has 2 fully saturated rings. The van der Waals surface area contributed by atoms with E-state index in [4.69, 9.17) is 4.74 Å². The van der Waals surface area contributed by atoms with Gasteiger partial charge in [0.1, 0.15) is 13.2 Å². The van der Waals surface area contributed by atoms with Gasteiger partial charge in [-0.15, -0.1) is 0 Å². The van der Waals surface area contributed by atoms with Crippen LogP contribution in [0.15, 0.2) is 48.5 Å². The molecule has 35 heavy (non-hydrogen) atoms. The summed E-state index contributed by atoms with van der Waals surface area (Å²) in [6, 6.07) is 15.6. The maximum absolute atomic E-state index is 12.6. The molecule has 2 aliphatic heterocycles. The first kappa shape index (κ1) is 22.9. The first-order valence-electron chi connectivity index (χ1n) is 11.8. The van der Waals surface area contributed by atoms with Crippen LogP contribution in [0.5, 0.6) is 0 Å². The average molecular weight is 478 g/mol. The van der Waals surface area contributed by atoms with E-state index in [0.717, 1.165) is 28.7 Å². The van der Waals surface area contributed by atoms with E-state index in [-0.39, 0.29) is 43.6 Å². The molecule has 3 amide bonds. The second kappa shape index (κ2) is 9.40. The third-order valence-electron chi connectivity index (χ3n) is 7.32. The van der Waals surface area contributed by atoms with Gasteiger partial charge < -0.3 is 25.4 Å². The minimum Gasteiger partial charge on any atom is -0.481 e. The molecule has 0 unspecified atom stereocenters. The van der Waals surface area contributed by atoms with Crippen LogP contribution in [-0.2, 0) is 19.1 Å². The summed E-state index contributed by atoms with van der Waals surface area (Å²) in [7, 11) is 0. The number of ether oxygens (including phenoxy) is 1. The molecule has 9 heteroatoms. The zero-order valence-corrected chi connectivity index (χ0v) is 19.1. The summed E-state index contributed by atoms with van der Waals surface area (Å²) in [4.78, 5) is 49.9. The lowest BCUT2D eigenvalue weighted by atomic mass is 9.89. The van der Waals surface area contributed by atoms with Crippen LogP contribution in [0.2, 0.25) is 0 Å². The Morgan fingerprint density at radius 1 is 0.914 bits per heavy atom. The number of amides is 3. The molecule has 3 atom stereocenters. The van der Waals surface area contributed by atoms with Crippen molar-refractivity contribution in [2.24, 2.45) is 5.92 Å².